The fourth-order valence-electron chi connectivity index (χ4n) is 2.97. The second kappa shape index (κ2) is 7.24. The molecule has 1 aromatic rings. The predicted molar refractivity (Wildman–Crippen MR) is 94.8 cm³/mol. The van der Waals surface area contributed by atoms with Crippen LogP contribution in [0.5, 0.6) is 0 Å². The van der Waals surface area contributed by atoms with Crippen LogP contribution in [0.4, 0.5) is 10.5 Å². The van der Waals surface area contributed by atoms with Gasteiger partial charge >= 0.3 is 6.09 Å². The van der Waals surface area contributed by atoms with Crippen molar-refractivity contribution in [3.63, 3.8) is 0 Å². The largest absolute Gasteiger partial charge is 0.444 e. The summed E-state index contributed by atoms with van der Waals surface area (Å²) >= 11 is 0. The number of para-hydroxylation sites is 1. The normalized spacial score (nSPS) is 17.2. The molecule has 0 radical (unpaired) electrons. The molecule has 0 atom stereocenters. The molecule has 0 saturated carbocycles. The third-order valence-electron chi connectivity index (χ3n) is 4.56. The van der Waals surface area contributed by atoms with Gasteiger partial charge in [-0.1, -0.05) is 25.1 Å². The Bertz CT molecular complexity index is 570. The summed E-state index contributed by atoms with van der Waals surface area (Å²) in [6.07, 6.45) is 1.77. The number of piperidine rings is 1. The highest BCUT2D eigenvalue weighted by Crippen LogP contribution is 2.36. The number of benzene rings is 1. The maximum atomic E-state index is 12.8. The fourth-order valence-corrected chi connectivity index (χ4v) is 2.97. The van der Waals surface area contributed by atoms with Crippen LogP contribution in [0.3, 0.4) is 0 Å². The van der Waals surface area contributed by atoms with E-state index in [-0.39, 0.29) is 12.0 Å². The van der Waals surface area contributed by atoms with Crippen molar-refractivity contribution in [2.24, 2.45) is 5.41 Å². The van der Waals surface area contributed by atoms with E-state index >= 15 is 0 Å². The molecule has 0 aromatic heterocycles. The Hall–Kier alpha value is -2.04. The number of rotatable bonds is 3. The Morgan fingerprint density at radius 1 is 1.17 bits per heavy atom. The maximum Gasteiger partial charge on any atom is 0.410 e. The van der Waals surface area contributed by atoms with Crippen molar-refractivity contribution < 1.29 is 14.3 Å². The number of likely N-dealkylation sites (tertiary alicyclic amines) is 1. The summed E-state index contributed by atoms with van der Waals surface area (Å²) in [6.45, 7) is 8.71. The maximum absolute atomic E-state index is 12.8. The number of nitrogens with zero attached hydrogens (tertiary/aromatic N) is 1. The number of ether oxygens (including phenoxy) is 1. The Morgan fingerprint density at radius 2 is 1.75 bits per heavy atom. The zero-order valence-corrected chi connectivity index (χ0v) is 15.1. The Morgan fingerprint density at radius 3 is 2.25 bits per heavy atom. The standard InChI is InChI=1S/C19H28N2O3/c1-5-19(16(22)20-15-9-7-6-8-10-15)11-13-21(14-12-19)17(23)24-18(2,3)4/h6-10H,5,11-14H2,1-4H3,(H,20,22). The molecule has 2 rings (SSSR count). The molecule has 0 bridgehead atoms. The lowest BCUT2D eigenvalue weighted by Crippen LogP contribution is -2.49. The first kappa shape index (κ1) is 18.3. The molecular weight excluding hydrogens is 304 g/mol. The first-order chi connectivity index (χ1) is 11.3. The smallest absolute Gasteiger partial charge is 0.410 e. The van der Waals surface area contributed by atoms with Crippen LogP contribution in [0, 0.1) is 5.41 Å². The molecular formula is C19H28N2O3. The molecule has 1 fully saturated rings. The van der Waals surface area contributed by atoms with Gasteiger partial charge in [0, 0.05) is 18.8 Å². The van der Waals surface area contributed by atoms with Crippen LogP contribution in [-0.4, -0.2) is 35.6 Å². The summed E-state index contributed by atoms with van der Waals surface area (Å²) in [5.41, 5.74) is -0.111. The first-order valence-electron chi connectivity index (χ1n) is 8.60. The molecule has 24 heavy (non-hydrogen) atoms. The lowest BCUT2D eigenvalue weighted by atomic mass is 9.75. The number of carbonyl (C=O) groups is 2. The highest BCUT2D eigenvalue weighted by atomic mass is 16.6. The van der Waals surface area contributed by atoms with E-state index in [0.717, 1.165) is 12.1 Å². The van der Waals surface area contributed by atoms with Crippen LogP contribution in [-0.2, 0) is 9.53 Å². The topological polar surface area (TPSA) is 58.6 Å². The molecule has 0 spiro atoms. The van der Waals surface area contributed by atoms with E-state index in [1.807, 2.05) is 58.0 Å². The third-order valence-corrected chi connectivity index (χ3v) is 4.56. The zero-order chi connectivity index (χ0) is 17.8. The zero-order valence-electron chi connectivity index (χ0n) is 15.1. The number of amides is 2. The van der Waals surface area contributed by atoms with E-state index in [4.69, 9.17) is 4.74 Å². The molecule has 5 heteroatoms. The Kier molecular flexibility index (Phi) is 5.52. The van der Waals surface area contributed by atoms with Gasteiger partial charge in [-0.2, -0.15) is 0 Å². The van der Waals surface area contributed by atoms with E-state index in [1.165, 1.54) is 0 Å². The monoisotopic (exact) mass is 332 g/mol. The lowest BCUT2D eigenvalue weighted by Gasteiger charge is -2.40. The van der Waals surface area contributed by atoms with Gasteiger partial charge in [0.15, 0.2) is 0 Å². The van der Waals surface area contributed by atoms with E-state index in [1.54, 1.807) is 4.90 Å². The van der Waals surface area contributed by atoms with Gasteiger partial charge in [-0.15, -0.1) is 0 Å². The average molecular weight is 332 g/mol. The van der Waals surface area contributed by atoms with E-state index in [2.05, 4.69) is 5.32 Å². The minimum absolute atomic E-state index is 0.0417. The number of carbonyl (C=O) groups excluding carboxylic acids is 2. The summed E-state index contributed by atoms with van der Waals surface area (Å²) in [5, 5.41) is 3.01. The second-order valence-corrected chi connectivity index (χ2v) is 7.42. The summed E-state index contributed by atoms with van der Waals surface area (Å²) in [5.74, 6) is 0.0417. The minimum Gasteiger partial charge on any atom is -0.444 e. The number of hydrogen-bond donors (Lipinski definition) is 1. The molecule has 1 aromatic carbocycles. The third kappa shape index (κ3) is 4.49. The van der Waals surface area contributed by atoms with Gasteiger partial charge in [-0.05, 0) is 52.2 Å². The summed E-state index contributed by atoms with van der Waals surface area (Å²) in [4.78, 5) is 26.7. The molecule has 0 unspecified atom stereocenters. The highest BCUT2D eigenvalue weighted by molar-refractivity contribution is 5.95. The van der Waals surface area contributed by atoms with Crippen LogP contribution in [0.1, 0.15) is 47.0 Å². The van der Waals surface area contributed by atoms with Gasteiger partial charge in [0.25, 0.3) is 0 Å². The summed E-state index contributed by atoms with van der Waals surface area (Å²) in [6, 6.07) is 9.50. The van der Waals surface area contributed by atoms with E-state index < -0.39 is 11.0 Å². The van der Waals surface area contributed by atoms with E-state index in [0.29, 0.717) is 25.9 Å². The van der Waals surface area contributed by atoms with Gasteiger partial charge < -0.3 is 15.0 Å². The van der Waals surface area contributed by atoms with Gasteiger partial charge in [0.1, 0.15) is 5.60 Å². The summed E-state index contributed by atoms with van der Waals surface area (Å²) < 4.78 is 5.42. The van der Waals surface area contributed by atoms with Crippen molar-refractivity contribution in [3.8, 4) is 0 Å². The van der Waals surface area contributed by atoms with Crippen molar-refractivity contribution in [3.05, 3.63) is 30.3 Å². The lowest BCUT2D eigenvalue weighted by molar-refractivity contribution is -0.128. The van der Waals surface area contributed by atoms with Crippen LogP contribution in [0.15, 0.2) is 30.3 Å². The van der Waals surface area contributed by atoms with Crippen LogP contribution >= 0.6 is 0 Å². The number of nitrogens with one attached hydrogen (secondary N) is 1. The molecule has 2 amide bonds. The predicted octanol–water partition coefficient (Wildman–Crippen LogP) is 4.05. The van der Waals surface area contributed by atoms with E-state index in [9.17, 15) is 9.59 Å². The van der Waals surface area contributed by atoms with Gasteiger partial charge in [-0.25, -0.2) is 4.79 Å². The van der Waals surface area contributed by atoms with Gasteiger partial charge in [-0.3, -0.25) is 4.79 Å². The van der Waals surface area contributed by atoms with Crippen molar-refractivity contribution in [2.75, 3.05) is 18.4 Å². The average Bonchev–Trinajstić information content (AvgIpc) is 2.54. The Labute approximate surface area is 144 Å². The first-order valence-corrected chi connectivity index (χ1v) is 8.60. The van der Waals surface area contributed by atoms with Crippen LogP contribution < -0.4 is 5.32 Å². The van der Waals surface area contributed by atoms with Gasteiger partial charge in [0.2, 0.25) is 5.91 Å². The molecule has 1 saturated heterocycles. The van der Waals surface area contributed by atoms with Crippen LogP contribution in [0.25, 0.3) is 0 Å². The van der Waals surface area contributed by atoms with Crippen molar-refractivity contribution in [1.82, 2.24) is 4.90 Å². The van der Waals surface area contributed by atoms with Gasteiger partial charge in [0.05, 0.1) is 5.41 Å². The van der Waals surface area contributed by atoms with Crippen molar-refractivity contribution in [2.45, 2.75) is 52.6 Å². The Balaban J connectivity index is 1.98. The highest BCUT2D eigenvalue weighted by Gasteiger charge is 2.41. The number of hydrogen-bond acceptors (Lipinski definition) is 3. The molecule has 1 heterocycles. The fraction of sp³-hybridized carbons (Fsp3) is 0.579. The van der Waals surface area contributed by atoms with Crippen molar-refractivity contribution >= 4 is 17.7 Å². The summed E-state index contributed by atoms with van der Waals surface area (Å²) in [7, 11) is 0. The molecule has 0 aliphatic carbocycles. The molecule has 1 aliphatic rings. The second-order valence-electron chi connectivity index (χ2n) is 7.42. The SMILES string of the molecule is CCC1(C(=O)Nc2ccccc2)CCN(C(=O)OC(C)(C)C)CC1. The quantitative estimate of drug-likeness (QED) is 0.908. The van der Waals surface area contributed by atoms with Crippen LogP contribution in [0.2, 0.25) is 0 Å². The number of anilines is 1. The molecule has 132 valence electrons. The molecule has 1 N–H and O–H groups in total. The van der Waals surface area contributed by atoms with Crippen molar-refractivity contribution in [1.29, 1.82) is 0 Å². The molecule has 1 aliphatic heterocycles. The minimum atomic E-state index is -0.499. The molecule has 5 nitrogen and oxygen atoms in total.